The topological polar surface area (TPSA) is 180 Å². The summed E-state index contributed by atoms with van der Waals surface area (Å²) in [5.74, 6) is -3.35. The van der Waals surface area contributed by atoms with Crippen LogP contribution in [-0.4, -0.2) is 86.9 Å². The molecule has 4 N–H and O–H groups in total. The molecular weight excluding hydrogens is 686 g/mol. The minimum Gasteiger partial charge on any atom is -0.347 e. The van der Waals surface area contributed by atoms with E-state index in [0.717, 1.165) is 64.2 Å². The number of nitrogens with one attached hydrogen (secondary N) is 4. The van der Waals surface area contributed by atoms with Gasteiger partial charge in [-0.2, -0.15) is 0 Å². The van der Waals surface area contributed by atoms with Gasteiger partial charge in [0.2, 0.25) is 23.5 Å². The van der Waals surface area contributed by atoms with Crippen molar-refractivity contribution in [3.63, 3.8) is 0 Å². The Balaban J connectivity index is 1.42. The first-order valence-electron chi connectivity index (χ1n) is 20.3. The number of ketones is 1. The molecule has 2 heterocycles. The number of nitrogens with zero attached hydrogens (tertiary/aromatic N) is 3. The van der Waals surface area contributed by atoms with Crippen molar-refractivity contribution >= 4 is 35.3 Å². The molecule has 3 aliphatic carbocycles. The lowest BCUT2D eigenvalue weighted by atomic mass is 9.51. The highest BCUT2D eigenvalue weighted by Gasteiger charge is 2.55. The third-order valence-electron chi connectivity index (χ3n) is 13.2. The summed E-state index contributed by atoms with van der Waals surface area (Å²) in [6.07, 6.45) is 14.9. The van der Waals surface area contributed by atoms with Gasteiger partial charge < -0.3 is 26.2 Å². The fourth-order valence-electron chi connectivity index (χ4n) is 8.71. The molecule has 1 aromatic rings. The Labute approximate surface area is 320 Å². The number of hydrogen-bond donors (Lipinski definition) is 4. The smallest absolute Gasteiger partial charge is 0.289 e. The molecule has 5 rings (SSSR count). The first-order chi connectivity index (χ1) is 25.5. The summed E-state index contributed by atoms with van der Waals surface area (Å²) >= 11 is 0. The van der Waals surface area contributed by atoms with Crippen LogP contribution in [0.15, 0.2) is 18.6 Å². The van der Waals surface area contributed by atoms with E-state index in [0.29, 0.717) is 25.8 Å². The average molecular weight is 750 g/mol. The molecule has 13 nitrogen and oxygen atoms in total. The molecule has 13 heteroatoms. The SMILES string of the molecule is CCCC(NC(=O)[C@@H]1CC(C(C)(C)C2(C)CCC2)CN1C(=O)[C@@H](NC(=O)[C@@H](NC(=O)c1cnccn1)C1CCCCC1)C(C)(C)C)C(=O)C(=O)NC1CC1. The van der Waals surface area contributed by atoms with E-state index < -0.39 is 59.0 Å². The maximum Gasteiger partial charge on any atom is 0.289 e. The van der Waals surface area contributed by atoms with E-state index >= 15 is 0 Å². The van der Waals surface area contributed by atoms with E-state index in [1.54, 1.807) is 4.90 Å². The zero-order valence-electron chi connectivity index (χ0n) is 33.5. The summed E-state index contributed by atoms with van der Waals surface area (Å²) in [6.45, 7) is 14.6. The zero-order valence-corrected chi connectivity index (χ0v) is 33.5. The Kier molecular flexibility index (Phi) is 12.9. The molecule has 1 aromatic heterocycles. The molecule has 0 spiro atoms. The van der Waals surface area contributed by atoms with Crippen LogP contribution in [0.4, 0.5) is 0 Å². The number of carbonyl (C=O) groups is 6. The van der Waals surface area contributed by atoms with Crippen molar-refractivity contribution in [3.05, 3.63) is 24.3 Å². The van der Waals surface area contributed by atoms with Crippen LogP contribution < -0.4 is 21.3 Å². The Hall–Kier alpha value is -3.90. The summed E-state index contributed by atoms with van der Waals surface area (Å²) in [5, 5.41) is 11.6. The first-order valence-corrected chi connectivity index (χ1v) is 20.3. The maximum atomic E-state index is 15.0. The summed E-state index contributed by atoms with van der Waals surface area (Å²) in [7, 11) is 0. The molecule has 5 amide bonds. The lowest BCUT2D eigenvalue weighted by molar-refractivity contribution is -0.145. The van der Waals surface area contributed by atoms with Crippen LogP contribution in [0.3, 0.4) is 0 Å². The van der Waals surface area contributed by atoms with Crippen molar-refractivity contribution in [1.82, 2.24) is 36.1 Å². The number of hydrogen-bond acceptors (Lipinski definition) is 8. The normalized spacial score (nSPS) is 23.3. The molecule has 0 aromatic carbocycles. The van der Waals surface area contributed by atoms with E-state index in [4.69, 9.17) is 0 Å². The fraction of sp³-hybridized carbons (Fsp3) is 0.756. The van der Waals surface area contributed by atoms with E-state index in [9.17, 15) is 28.8 Å². The number of likely N-dealkylation sites (tertiary alicyclic amines) is 1. The first kappa shape index (κ1) is 41.3. The molecule has 1 saturated heterocycles. The lowest BCUT2D eigenvalue weighted by Gasteiger charge is -2.54. The molecular formula is C41H63N7O6. The predicted octanol–water partition coefficient (Wildman–Crippen LogP) is 4.25. The molecule has 4 aliphatic rings. The number of Topliss-reactive ketones (excluding diaryl/α,β-unsaturated/α-hetero) is 1. The quantitative estimate of drug-likeness (QED) is 0.192. The summed E-state index contributed by atoms with van der Waals surface area (Å²) < 4.78 is 0. The molecule has 0 radical (unpaired) electrons. The van der Waals surface area contributed by atoms with Gasteiger partial charge in [0.05, 0.1) is 12.2 Å². The maximum absolute atomic E-state index is 15.0. The number of amides is 5. The molecule has 298 valence electrons. The van der Waals surface area contributed by atoms with Gasteiger partial charge in [0.25, 0.3) is 11.8 Å². The third kappa shape index (κ3) is 9.30. The van der Waals surface area contributed by atoms with E-state index in [1.165, 1.54) is 18.6 Å². The fourth-order valence-corrected chi connectivity index (χ4v) is 8.71. The van der Waals surface area contributed by atoms with Crippen LogP contribution in [0.25, 0.3) is 0 Å². The lowest BCUT2D eigenvalue weighted by Crippen LogP contribution is -2.62. The standard InChI is InChI=1S/C41H63N7O6/c1-8-13-28(32(49)37(53)44-27-16-17-27)45-35(51)30-22-26(40(5,6)41(7)18-12-19-41)24-48(30)38(54)33(39(2,3)4)47-36(52)31(25-14-10-9-11-15-25)46-34(50)29-23-42-20-21-43-29/h20-21,23,25-28,30-31,33H,8-19,22,24H2,1-7H3,(H,44,53)(H,45,51)(H,46,50)(H,47,52)/t26?,28?,30-,31-,33+/m0/s1. The Bertz CT molecular complexity index is 1540. The van der Waals surface area contributed by atoms with Gasteiger partial charge in [0.15, 0.2) is 0 Å². The predicted molar refractivity (Wildman–Crippen MR) is 204 cm³/mol. The minimum atomic E-state index is -1.03. The Morgan fingerprint density at radius 2 is 1.59 bits per heavy atom. The van der Waals surface area contributed by atoms with Crippen LogP contribution in [-0.2, 0) is 24.0 Å². The van der Waals surface area contributed by atoms with Crippen molar-refractivity contribution in [2.45, 2.75) is 162 Å². The van der Waals surface area contributed by atoms with Crippen LogP contribution in [0.1, 0.15) is 142 Å². The van der Waals surface area contributed by atoms with Gasteiger partial charge in [-0.05, 0) is 79.4 Å². The van der Waals surface area contributed by atoms with E-state index in [1.807, 2.05) is 27.7 Å². The highest BCUT2D eigenvalue weighted by molar-refractivity contribution is 6.38. The second-order valence-corrected chi connectivity index (χ2v) is 18.3. The van der Waals surface area contributed by atoms with Crippen molar-refractivity contribution in [2.24, 2.45) is 28.1 Å². The van der Waals surface area contributed by atoms with Crippen molar-refractivity contribution in [2.75, 3.05) is 6.54 Å². The van der Waals surface area contributed by atoms with Crippen LogP contribution in [0, 0.1) is 28.1 Å². The van der Waals surface area contributed by atoms with E-state index in [-0.39, 0.29) is 40.3 Å². The summed E-state index contributed by atoms with van der Waals surface area (Å²) in [5.41, 5.74) is -0.835. The van der Waals surface area contributed by atoms with Crippen molar-refractivity contribution < 1.29 is 28.8 Å². The number of rotatable bonds is 15. The van der Waals surface area contributed by atoms with Gasteiger partial charge in [0, 0.05) is 25.0 Å². The van der Waals surface area contributed by atoms with Gasteiger partial charge in [-0.1, -0.05) is 80.6 Å². The van der Waals surface area contributed by atoms with Crippen LogP contribution >= 0.6 is 0 Å². The highest BCUT2D eigenvalue weighted by Crippen LogP contribution is 2.59. The molecule has 4 fully saturated rings. The number of carbonyl (C=O) groups excluding carboxylic acids is 6. The molecule has 2 unspecified atom stereocenters. The van der Waals surface area contributed by atoms with Gasteiger partial charge in [-0.15, -0.1) is 0 Å². The molecule has 3 saturated carbocycles. The minimum absolute atomic E-state index is 0.000759. The summed E-state index contributed by atoms with van der Waals surface area (Å²) in [6, 6.07) is -3.85. The van der Waals surface area contributed by atoms with Gasteiger partial charge >= 0.3 is 0 Å². The number of aromatic nitrogens is 2. The largest absolute Gasteiger partial charge is 0.347 e. The van der Waals surface area contributed by atoms with Gasteiger partial charge in [-0.25, -0.2) is 4.98 Å². The molecule has 54 heavy (non-hydrogen) atoms. The molecule has 1 aliphatic heterocycles. The summed E-state index contributed by atoms with van der Waals surface area (Å²) in [4.78, 5) is 92.8. The monoisotopic (exact) mass is 749 g/mol. The average Bonchev–Trinajstić information content (AvgIpc) is 3.82. The molecule has 5 atom stereocenters. The third-order valence-corrected chi connectivity index (χ3v) is 13.2. The van der Waals surface area contributed by atoms with E-state index in [2.05, 4.69) is 52.0 Å². The highest BCUT2D eigenvalue weighted by atomic mass is 16.2. The zero-order chi connectivity index (χ0) is 39.4. The second kappa shape index (κ2) is 16.9. The van der Waals surface area contributed by atoms with Crippen LogP contribution in [0.2, 0.25) is 0 Å². The van der Waals surface area contributed by atoms with Crippen LogP contribution in [0.5, 0.6) is 0 Å². The second-order valence-electron chi connectivity index (χ2n) is 18.3. The Morgan fingerprint density at radius 3 is 2.15 bits per heavy atom. The van der Waals surface area contributed by atoms with Gasteiger partial charge in [0.1, 0.15) is 23.8 Å². The Morgan fingerprint density at radius 1 is 0.907 bits per heavy atom. The van der Waals surface area contributed by atoms with Crippen molar-refractivity contribution in [3.8, 4) is 0 Å². The molecule has 0 bridgehead atoms. The van der Waals surface area contributed by atoms with Crippen molar-refractivity contribution in [1.29, 1.82) is 0 Å². The van der Waals surface area contributed by atoms with Gasteiger partial charge in [-0.3, -0.25) is 33.8 Å².